The Kier molecular flexibility index (Phi) is 3.23. The van der Waals surface area contributed by atoms with E-state index >= 15 is 0 Å². The molecule has 0 atom stereocenters. The number of nitrogens with zero attached hydrogens (tertiary/aromatic N) is 4. The zero-order valence-corrected chi connectivity index (χ0v) is 11.1. The summed E-state index contributed by atoms with van der Waals surface area (Å²) >= 11 is 0. The van der Waals surface area contributed by atoms with Crippen LogP contribution in [0.2, 0.25) is 0 Å². The van der Waals surface area contributed by atoms with Crippen LogP contribution in [0.4, 0.5) is 5.69 Å². The second-order valence-corrected chi connectivity index (χ2v) is 4.98. The summed E-state index contributed by atoms with van der Waals surface area (Å²) in [7, 11) is 0. The monoisotopic (exact) mass is 262 g/mol. The molecular formula is C16H14N4. The topological polar surface area (TPSA) is 63.7 Å². The molecule has 1 aromatic heterocycles. The first-order valence-corrected chi connectivity index (χ1v) is 6.76. The van der Waals surface area contributed by atoms with E-state index in [-0.39, 0.29) is 0 Å². The first-order valence-electron chi connectivity index (χ1n) is 6.76. The van der Waals surface area contributed by atoms with E-state index < -0.39 is 0 Å². The first kappa shape index (κ1) is 12.4. The molecule has 1 fully saturated rings. The fourth-order valence-corrected chi connectivity index (χ4v) is 2.55. The molecule has 0 radical (unpaired) electrons. The Morgan fingerprint density at radius 1 is 1.25 bits per heavy atom. The molecular weight excluding hydrogens is 248 g/mol. The van der Waals surface area contributed by atoms with Crippen molar-refractivity contribution >= 4 is 16.6 Å². The molecule has 0 aliphatic heterocycles. The van der Waals surface area contributed by atoms with Crippen molar-refractivity contribution in [2.24, 2.45) is 0 Å². The Hall–Kier alpha value is -2.59. The van der Waals surface area contributed by atoms with Gasteiger partial charge in [-0.15, -0.1) is 0 Å². The maximum Gasteiger partial charge on any atom is 0.103 e. The van der Waals surface area contributed by atoms with Gasteiger partial charge in [0.2, 0.25) is 0 Å². The Morgan fingerprint density at radius 3 is 2.75 bits per heavy atom. The zero-order valence-electron chi connectivity index (χ0n) is 11.1. The Bertz CT molecular complexity index is 719. The van der Waals surface area contributed by atoms with Crippen LogP contribution < -0.4 is 4.90 Å². The Balaban J connectivity index is 2.16. The summed E-state index contributed by atoms with van der Waals surface area (Å²) in [5.74, 6) is 0. The lowest BCUT2D eigenvalue weighted by Gasteiger charge is -2.26. The van der Waals surface area contributed by atoms with Gasteiger partial charge in [0.25, 0.3) is 0 Å². The lowest BCUT2D eigenvalue weighted by Crippen LogP contribution is -2.27. The molecule has 2 aromatic rings. The number of hydrogen-bond acceptors (Lipinski definition) is 4. The molecule has 4 nitrogen and oxygen atoms in total. The summed E-state index contributed by atoms with van der Waals surface area (Å²) in [5.41, 5.74) is 2.42. The molecule has 1 saturated carbocycles. The Morgan fingerprint density at radius 2 is 2.05 bits per heavy atom. The molecule has 4 heteroatoms. The van der Waals surface area contributed by atoms with Gasteiger partial charge in [-0.3, -0.25) is 4.98 Å². The minimum atomic E-state index is 0.459. The highest BCUT2D eigenvalue weighted by molar-refractivity contribution is 5.94. The van der Waals surface area contributed by atoms with Gasteiger partial charge >= 0.3 is 0 Å². The second-order valence-electron chi connectivity index (χ2n) is 4.98. The minimum absolute atomic E-state index is 0.459. The van der Waals surface area contributed by atoms with Gasteiger partial charge in [-0.2, -0.15) is 10.5 Å². The third kappa shape index (κ3) is 2.17. The molecule has 1 aliphatic carbocycles. The van der Waals surface area contributed by atoms with E-state index in [2.05, 4.69) is 22.0 Å². The number of aromatic nitrogens is 1. The van der Waals surface area contributed by atoms with Crippen molar-refractivity contribution in [1.29, 1.82) is 10.5 Å². The summed E-state index contributed by atoms with van der Waals surface area (Å²) in [5, 5.41) is 19.2. The lowest BCUT2D eigenvalue weighted by atomic mass is 10.1. The first-order chi connectivity index (χ1) is 9.85. The van der Waals surface area contributed by atoms with Gasteiger partial charge in [-0.25, -0.2) is 0 Å². The molecule has 1 aromatic carbocycles. The predicted octanol–water partition coefficient (Wildman–Crippen LogP) is 2.99. The van der Waals surface area contributed by atoms with Gasteiger partial charge in [0.15, 0.2) is 0 Å². The summed E-state index contributed by atoms with van der Waals surface area (Å²) < 4.78 is 0. The third-order valence-electron chi connectivity index (χ3n) is 3.61. The summed E-state index contributed by atoms with van der Waals surface area (Å²) in [6.45, 7) is 0.670. The number of fused-ring (bicyclic) bond motifs is 1. The normalized spacial score (nSPS) is 13.7. The maximum atomic E-state index is 9.37. The number of pyridine rings is 1. The number of benzene rings is 1. The van der Waals surface area contributed by atoms with Gasteiger partial charge in [0.1, 0.15) is 6.07 Å². The average Bonchev–Trinajstić information content (AvgIpc) is 3.32. The lowest BCUT2D eigenvalue weighted by molar-refractivity contribution is 0.794. The van der Waals surface area contributed by atoms with Crippen molar-refractivity contribution in [2.45, 2.75) is 25.3 Å². The van der Waals surface area contributed by atoms with E-state index in [1.807, 2.05) is 24.3 Å². The molecule has 98 valence electrons. The van der Waals surface area contributed by atoms with Crippen LogP contribution in [0, 0.1) is 22.7 Å². The average molecular weight is 262 g/mol. The summed E-state index contributed by atoms with van der Waals surface area (Å²) in [6, 6.07) is 12.8. The zero-order chi connectivity index (χ0) is 13.9. The van der Waals surface area contributed by atoms with Crippen molar-refractivity contribution in [2.75, 3.05) is 11.4 Å². The fraction of sp³-hybridized carbons (Fsp3) is 0.312. The Labute approximate surface area is 117 Å². The predicted molar refractivity (Wildman–Crippen MR) is 77.1 cm³/mol. The van der Waals surface area contributed by atoms with Gasteiger partial charge < -0.3 is 4.90 Å². The van der Waals surface area contributed by atoms with Crippen molar-refractivity contribution in [1.82, 2.24) is 4.98 Å². The fourth-order valence-electron chi connectivity index (χ4n) is 2.55. The van der Waals surface area contributed by atoms with Crippen molar-refractivity contribution in [3.8, 4) is 12.1 Å². The number of rotatable bonds is 4. The molecule has 0 bridgehead atoms. The van der Waals surface area contributed by atoms with Crippen molar-refractivity contribution in [3.63, 3.8) is 0 Å². The van der Waals surface area contributed by atoms with Crippen molar-refractivity contribution in [3.05, 3.63) is 36.0 Å². The molecule has 20 heavy (non-hydrogen) atoms. The van der Waals surface area contributed by atoms with Crippen LogP contribution in [0.5, 0.6) is 0 Å². The summed E-state index contributed by atoms with van der Waals surface area (Å²) in [6.07, 6.45) is 4.37. The number of hydrogen-bond donors (Lipinski definition) is 0. The van der Waals surface area contributed by atoms with Crippen LogP contribution in [0.1, 0.15) is 24.8 Å². The largest absolute Gasteiger partial charge is 0.366 e. The van der Waals surface area contributed by atoms with Gasteiger partial charge in [-0.1, -0.05) is 18.2 Å². The summed E-state index contributed by atoms with van der Waals surface area (Å²) in [4.78, 5) is 6.55. The van der Waals surface area contributed by atoms with Crippen LogP contribution in [-0.2, 0) is 0 Å². The van der Waals surface area contributed by atoms with Gasteiger partial charge in [0.05, 0.1) is 29.3 Å². The molecule has 0 N–H and O–H groups in total. The quantitative estimate of drug-likeness (QED) is 0.849. The third-order valence-corrected chi connectivity index (χ3v) is 3.61. The molecule has 0 saturated heterocycles. The smallest absolute Gasteiger partial charge is 0.103 e. The van der Waals surface area contributed by atoms with E-state index in [4.69, 9.17) is 5.26 Å². The van der Waals surface area contributed by atoms with E-state index in [0.29, 0.717) is 24.6 Å². The van der Waals surface area contributed by atoms with E-state index in [1.54, 1.807) is 6.20 Å². The minimum Gasteiger partial charge on any atom is -0.366 e. The molecule has 1 heterocycles. The highest BCUT2D eigenvalue weighted by atomic mass is 15.2. The number of anilines is 1. The van der Waals surface area contributed by atoms with Crippen LogP contribution in [0.25, 0.3) is 10.9 Å². The van der Waals surface area contributed by atoms with Crippen molar-refractivity contribution < 1.29 is 0 Å². The maximum absolute atomic E-state index is 9.37. The van der Waals surface area contributed by atoms with Crippen LogP contribution in [-0.4, -0.2) is 17.6 Å². The highest BCUT2D eigenvalue weighted by Crippen LogP contribution is 2.37. The van der Waals surface area contributed by atoms with Gasteiger partial charge in [0, 0.05) is 24.2 Å². The molecule has 1 aliphatic rings. The van der Waals surface area contributed by atoms with E-state index in [9.17, 15) is 5.26 Å². The highest BCUT2D eigenvalue weighted by Gasteiger charge is 2.31. The SMILES string of the molecule is N#CCCN(c1c(C#N)cnc2ccccc12)C1CC1. The van der Waals surface area contributed by atoms with E-state index in [1.165, 1.54) is 0 Å². The van der Waals surface area contributed by atoms with Crippen LogP contribution >= 0.6 is 0 Å². The van der Waals surface area contributed by atoms with Crippen LogP contribution in [0.3, 0.4) is 0 Å². The standard InChI is InChI=1S/C16H14N4/c17-8-3-9-20(13-6-7-13)16-12(10-18)11-19-15-5-2-1-4-14(15)16/h1-2,4-5,11,13H,3,6-7,9H2. The molecule has 0 unspecified atom stereocenters. The number of para-hydroxylation sites is 1. The van der Waals surface area contributed by atoms with E-state index in [0.717, 1.165) is 29.4 Å². The second kappa shape index (κ2) is 5.19. The molecule has 0 amide bonds. The van der Waals surface area contributed by atoms with Gasteiger partial charge in [-0.05, 0) is 18.9 Å². The number of nitriles is 2. The van der Waals surface area contributed by atoms with Crippen LogP contribution in [0.15, 0.2) is 30.5 Å². The molecule has 0 spiro atoms. The molecule has 3 rings (SSSR count).